The van der Waals surface area contributed by atoms with E-state index in [4.69, 9.17) is 21.1 Å². The molecule has 0 amide bonds. The van der Waals surface area contributed by atoms with Crippen LogP contribution in [0, 0.1) is 0 Å². The molecule has 2 aromatic rings. The molecule has 194 valence electrons. The van der Waals surface area contributed by atoms with Gasteiger partial charge in [0.05, 0.1) is 18.2 Å². The Morgan fingerprint density at radius 3 is 2.81 bits per heavy atom. The van der Waals surface area contributed by atoms with Crippen LogP contribution in [0.1, 0.15) is 82.4 Å². The van der Waals surface area contributed by atoms with Gasteiger partial charge in [0.1, 0.15) is 11.4 Å². The average molecular weight is 510 g/mol. The summed E-state index contributed by atoms with van der Waals surface area (Å²) >= 11 is 6.36. The monoisotopic (exact) mass is 509 g/mol. The first kappa shape index (κ1) is 26.6. The molecular formula is C31H40ClNO3. The van der Waals surface area contributed by atoms with Gasteiger partial charge in [0, 0.05) is 23.5 Å². The number of carbonyl (C=O) groups excluding carboxylic acids is 1. The largest absolute Gasteiger partial charge is 0.490 e. The zero-order valence-electron chi connectivity index (χ0n) is 22.2. The van der Waals surface area contributed by atoms with E-state index in [2.05, 4.69) is 29.7 Å². The van der Waals surface area contributed by atoms with Crippen LogP contribution in [0.4, 0.5) is 5.69 Å². The molecule has 0 N–H and O–H groups in total. The fourth-order valence-corrected chi connectivity index (χ4v) is 5.75. The minimum absolute atomic E-state index is 0.0907. The van der Waals surface area contributed by atoms with E-state index < -0.39 is 5.60 Å². The molecule has 4 nitrogen and oxygen atoms in total. The predicted molar refractivity (Wildman–Crippen MR) is 149 cm³/mol. The van der Waals surface area contributed by atoms with Crippen LogP contribution in [-0.4, -0.2) is 31.3 Å². The molecule has 36 heavy (non-hydrogen) atoms. The molecule has 0 saturated carbocycles. The van der Waals surface area contributed by atoms with E-state index in [-0.39, 0.29) is 17.3 Å². The zero-order valence-corrected chi connectivity index (χ0v) is 23.0. The first-order valence-electron chi connectivity index (χ1n) is 13.3. The van der Waals surface area contributed by atoms with E-state index in [1.54, 1.807) is 0 Å². The lowest BCUT2D eigenvalue weighted by atomic mass is 9.70. The fourth-order valence-electron chi connectivity index (χ4n) is 5.55. The summed E-state index contributed by atoms with van der Waals surface area (Å²) in [6, 6.07) is 12.5. The number of carbonyl (C=O) groups is 1. The van der Waals surface area contributed by atoms with Crippen LogP contribution in [0.15, 0.2) is 49.1 Å². The topological polar surface area (TPSA) is 38.8 Å². The highest BCUT2D eigenvalue weighted by Gasteiger charge is 2.41. The smallest absolute Gasteiger partial charge is 0.313 e. The van der Waals surface area contributed by atoms with Gasteiger partial charge < -0.3 is 14.4 Å². The first-order chi connectivity index (χ1) is 17.1. The third-order valence-corrected chi connectivity index (χ3v) is 7.64. The second-order valence-corrected chi connectivity index (χ2v) is 11.8. The molecule has 0 saturated heterocycles. The number of unbranched alkanes of at least 4 members (excludes halogenated alkanes) is 2. The van der Waals surface area contributed by atoms with Crippen molar-refractivity contribution in [2.45, 2.75) is 83.2 Å². The number of halogens is 1. The van der Waals surface area contributed by atoms with Gasteiger partial charge in [-0.25, -0.2) is 0 Å². The maximum absolute atomic E-state index is 12.8. The Kier molecular flexibility index (Phi) is 8.04. The van der Waals surface area contributed by atoms with Gasteiger partial charge in [0.15, 0.2) is 0 Å². The lowest BCUT2D eigenvalue weighted by Crippen LogP contribution is -2.46. The summed E-state index contributed by atoms with van der Waals surface area (Å²) in [5.41, 5.74) is 4.13. The minimum atomic E-state index is -0.513. The molecule has 0 fully saturated rings. The van der Waals surface area contributed by atoms with Crippen LogP contribution in [0.5, 0.6) is 5.75 Å². The normalized spacial score (nSPS) is 20.1. The minimum Gasteiger partial charge on any atom is -0.490 e. The Bertz CT molecular complexity index is 1110. The highest BCUT2D eigenvalue weighted by molar-refractivity contribution is 6.30. The van der Waals surface area contributed by atoms with Crippen molar-refractivity contribution in [2.75, 3.05) is 24.6 Å². The second kappa shape index (κ2) is 10.9. The molecule has 1 spiro atoms. The second-order valence-electron chi connectivity index (χ2n) is 11.4. The predicted octanol–water partition coefficient (Wildman–Crippen LogP) is 7.61. The van der Waals surface area contributed by atoms with Crippen molar-refractivity contribution in [1.82, 2.24) is 0 Å². The first-order valence-corrected chi connectivity index (χ1v) is 13.6. The maximum Gasteiger partial charge on any atom is 0.313 e. The Morgan fingerprint density at radius 1 is 1.25 bits per heavy atom. The molecule has 1 aliphatic heterocycles. The average Bonchev–Trinajstić information content (AvgIpc) is 2.97. The number of benzene rings is 2. The van der Waals surface area contributed by atoms with Gasteiger partial charge in [0.2, 0.25) is 0 Å². The van der Waals surface area contributed by atoms with Gasteiger partial charge in [-0.15, -0.1) is 6.58 Å². The number of hydrogen-bond donors (Lipinski definition) is 0. The van der Waals surface area contributed by atoms with Gasteiger partial charge in [-0.1, -0.05) is 29.8 Å². The van der Waals surface area contributed by atoms with Crippen molar-refractivity contribution < 1.29 is 14.3 Å². The van der Waals surface area contributed by atoms with Crippen molar-refractivity contribution in [1.29, 1.82) is 0 Å². The van der Waals surface area contributed by atoms with Crippen LogP contribution in [0.2, 0.25) is 5.02 Å². The standard InChI is InChI=1S/C31H40ClNO3/c1-6-7-8-9-17-33-20-31(16-10-11-24-18-25(32)13-14-26(24)31)21-35-28-15-12-23(19-27(28)33)22(2)29(34)36-30(3,4)5/h6,12-15,18-19,22H,1,7-11,16-17,20-21H2,2-5H3/t22-,31-/m0/s1. The van der Waals surface area contributed by atoms with Gasteiger partial charge in [0.25, 0.3) is 0 Å². The van der Waals surface area contributed by atoms with Crippen molar-refractivity contribution >= 4 is 23.3 Å². The molecule has 0 radical (unpaired) electrons. The summed E-state index contributed by atoms with van der Waals surface area (Å²) in [5, 5.41) is 0.797. The van der Waals surface area contributed by atoms with Crippen molar-refractivity contribution in [2.24, 2.45) is 0 Å². The van der Waals surface area contributed by atoms with E-state index in [1.807, 2.05) is 52.0 Å². The van der Waals surface area contributed by atoms with Crippen molar-refractivity contribution in [3.63, 3.8) is 0 Å². The molecule has 1 heterocycles. The summed E-state index contributed by atoms with van der Waals surface area (Å²) in [7, 11) is 0. The summed E-state index contributed by atoms with van der Waals surface area (Å²) < 4.78 is 12.2. The molecule has 0 bridgehead atoms. The Morgan fingerprint density at radius 2 is 2.06 bits per heavy atom. The molecule has 0 aromatic heterocycles. The number of aryl methyl sites for hydroxylation is 1. The Labute approximate surface area is 221 Å². The number of rotatable bonds is 7. The van der Waals surface area contributed by atoms with E-state index in [1.165, 1.54) is 11.1 Å². The molecule has 2 atom stereocenters. The summed E-state index contributed by atoms with van der Waals surface area (Å²) in [5.74, 6) is 0.327. The SMILES string of the molecule is C=CCCCCN1C[C@@]2(CCCc3cc(Cl)ccc32)COc2ccc([C@H](C)C(=O)OC(C)(C)C)cc21. The molecule has 2 aliphatic rings. The number of allylic oxidation sites excluding steroid dienone is 1. The summed E-state index contributed by atoms with van der Waals surface area (Å²) in [6.07, 6.45) is 8.44. The van der Waals surface area contributed by atoms with Crippen LogP contribution in [0.3, 0.4) is 0 Å². The number of anilines is 1. The molecule has 4 rings (SSSR count). The van der Waals surface area contributed by atoms with E-state index in [9.17, 15) is 4.79 Å². The number of esters is 1. The third-order valence-electron chi connectivity index (χ3n) is 7.41. The Balaban J connectivity index is 1.68. The Hall–Kier alpha value is -2.46. The quantitative estimate of drug-likeness (QED) is 0.218. The third kappa shape index (κ3) is 5.91. The number of hydrogen-bond acceptors (Lipinski definition) is 4. The van der Waals surface area contributed by atoms with Gasteiger partial charge >= 0.3 is 5.97 Å². The van der Waals surface area contributed by atoms with Crippen LogP contribution in [0.25, 0.3) is 0 Å². The fraction of sp³-hybridized carbons (Fsp3) is 0.516. The lowest BCUT2D eigenvalue weighted by Gasteiger charge is -2.41. The molecule has 1 aliphatic carbocycles. The van der Waals surface area contributed by atoms with E-state index in [0.29, 0.717) is 6.61 Å². The van der Waals surface area contributed by atoms with Gasteiger partial charge in [-0.3, -0.25) is 4.79 Å². The molecule has 0 unspecified atom stereocenters. The summed E-state index contributed by atoms with van der Waals surface area (Å²) in [6.45, 7) is 14.0. The maximum atomic E-state index is 12.8. The molecular weight excluding hydrogens is 470 g/mol. The van der Waals surface area contributed by atoms with Crippen LogP contribution in [-0.2, 0) is 21.4 Å². The van der Waals surface area contributed by atoms with Gasteiger partial charge in [-0.2, -0.15) is 0 Å². The van der Waals surface area contributed by atoms with Crippen molar-refractivity contribution in [3.8, 4) is 5.75 Å². The van der Waals surface area contributed by atoms with Crippen LogP contribution < -0.4 is 9.64 Å². The number of ether oxygens (including phenoxy) is 2. The molecule has 5 heteroatoms. The van der Waals surface area contributed by atoms with E-state index >= 15 is 0 Å². The van der Waals surface area contributed by atoms with E-state index in [0.717, 1.165) is 73.6 Å². The van der Waals surface area contributed by atoms with Crippen molar-refractivity contribution in [3.05, 3.63) is 70.8 Å². The summed E-state index contributed by atoms with van der Waals surface area (Å²) in [4.78, 5) is 15.3. The highest BCUT2D eigenvalue weighted by atomic mass is 35.5. The number of fused-ring (bicyclic) bond motifs is 3. The lowest BCUT2D eigenvalue weighted by molar-refractivity contribution is -0.156. The van der Waals surface area contributed by atoms with Gasteiger partial charge in [-0.05, 0) is 107 Å². The van der Waals surface area contributed by atoms with Crippen LogP contribution >= 0.6 is 11.6 Å². The molecule has 2 aromatic carbocycles. The highest BCUT2D eigenvalue weighted by Crippen LogP contribution is 2.45. The zero-order chi connectivity index (χ0) is 25.9. The number of nitrogens with zero attached hydrogens (tertiary/aromatic N) is 1.